The van der Waals surface area contributed by atoms with Crippen molar-refractivity contribution in [3.8, 4) is 0 Å². The zero-order valence-corrected chi connectivity index (χ0v) is 15.6. The van der Waals surface area contributed by atoms with Gasteiger partial charge in [-0.3, -0.25) is 9.89 Å². The molecule has 0 bridgehead atoms. The summed E-state index contributed by atoms with van der Waals surface area (Å²) in [5, 5.41) is 4.59. The fourth-order valence-corrected chi connectivity index (χ4v) is 4.07. The molecule has 146 valence electrons. The van der Waals surface area contributed by atoms with Crippen molar-refractivity contribution in [2.24, 2.45) is 10.9 Å². The molecule has 1 aromatic heterocycles. The van der Waals surface area contributed by atoms with Crippen LogP contribution in [-0.4, -0.2) is 73.7 Å². The van der Waals surface area contributed by atoms with Crippen molar-refractivity contribution in [3.63, 3.8) is 0 Å². The number of hydrogen-bond acceptors (Lipinski definition) is 5. The van der Waals surface area contributed by atoms with E-state index < -0.39 is 11.9 Å². The summed E-state index contributed by atoms with van der Waals surface area (Å²) < 4.78 is 43.3. The summed E-state index contributed by atoms with van der Waals surface area (Å²) in [4.78, 5) is 12.5. The third-order valence-corrected chi connectivity index (χ3v) is 5.51. The summed E-state index contributed by atoms with van der Waals surface area (Å²) in [7, 11) is 1.70. The van der Waals surface area contributed by atoms with E-state index in [9.17, 15) is 13.2 Å². The topological polar surface area (TPSA) is 53.0 Å². The van der Waals surface area contributed by atoms with Crippen LogP contribution in [0.4, 0.5) is 13.2 Å². The molecule has 26 heavy (non-hydrogen) atoms. The molecule has 2 aliphatic rings. The molecule has 1 N–H and O–H groups in total. The van der Waals surface area contributed by atoms with Crippen molar-refractivity contribution < 1.29 is 17.9 Å². The molecule has 0 radical (unpaired) electrons. The summed E-state index contributed by atoms with van der Waals surface area (Å²) in [6, 6.07) is 0. The molecule has 1 aromatic rings. The molecule has 0 aromatic carbocycles. The predicted octanol–water partition coefficient (Wildman–Crippen LogP) is 1.89. The van der Waals surface area contributed by atoms with Gasteiger partial charge < -0.3 is 15.0 Å². The van der Waals surface area contributed by atoms with Gasteiger partial charge >= 0.3 is 6.18 Å². The highest BCUT2D eigenvalue weighted by molar-refractivity contribution is 7.09. The van der Waals surface area contributed by atoms with Crippen molar-refractivity contribution in [2.75, 3.05) is 53.0 Å². The maximum absolute atomic E-state index is 12.6. The normalized spacial score (nSPS) is 22.8. The smallest absolute Gasteiger partial charge is 0.379 e. The highest BCUT2D eigenvalue weighted by Crippen LogP contribution is 2.30. The van der Waals surface area contributed by atoms with Crippen molar-refractivity contribution in [3.05, 3.63) is 16.1 Å². The van der Waals surface area contributed by atoms with E-state index in [-0.39, 0.29) is 6.54 Å². The lowest BCUT2D eigenvalue weighted by molar-refractivity contribution is -0.140. The van der Waals surface area contributed by atoms with Gasteiger partial charge in [-0.05, 0) is 12.3 Å². The van der Waals surface area contributed by atoms with Gasteiger partial charge in [0, 0.05) is 45.2 Å². The van der Waals surface area contributed by atoms with E-state index in [0.717, 1.165) is 75.0 Å². The summed E-state index contributed by atoms with van der Waals surface area (Å²) >= 11 is 1.01. The second-order valence-electron chi connectivity index (χ2n) is 6.54. The van der Waals surface area contributed by atoms with Gasteiger partial charge in [0.2, 0.25) is 0 Å². The molecule has 0 aliphatic carbocycles. The average molecular weight is 391 g/mol. The highest BCUT2D eigenvalue weighted by Gasteiger charge is 2.33. The number of thiazole rings is 1. The quantitative estimate of drug-likeness (QED) is 0.628. The molecule has 2 fully saturated rings. The van der Waals surface area contributed by atoms with E-state index in [2.05, 4.69) is 25.1 Å². The maximum atomic E-state index is 12.6. The second kappa shape index (κ2) is 8.53. The molecule has 2 saturated heterocycles. The first-order valence-electron chi connectivity index (χ1n) is 8.73. The van der Waals surface area contributed by atoms with Crippen LogP contribution in [0, 0.1) is 5.92 Å². The second-order valence-corrected chi connectivity index (χ2v) is 7.48. The Labute approximate surface area is 155 Å². The first kappa shape index (κ1) is 19.4. The van der Waals surface area contributed by atoms with Crippen LogP contribution in [0.2, 0.25) is 0 Å². The molecule has 3 rings (SSSR count). The van der Waals surface area contributed by atoms with Gasteiger partial charge in [-0.1, -0.05) is 0 Å². The van der Waals surface area contributed by atoms with Gasteiger partial charge in [0.1, 0.15) is 5.01 Å². The Hall–Kier alpha value is -1.39. The molecule has 0 amide bonds. The zero-order valence-electron chi connectivity index (χ0n) is 14.8. The lowest BCUT2D eigenvalue weighted by Crippen LogP contribution is -2.42. The summed E-state index contributed by atoms with van der Waals surface area (Å²) in [6.45, 7) is 6.67. The molecule has 1 atom stereocenters. The molecule has 0 spiro atoms. The minimum atomic E-state index is -4.39. The number of rotatable bonds is 4. The molecular weight excluding hydrogens is 367 g/mol. The Bertz CT molecular complexity index is 615. The number of morpholine rings is 1. The number of ether oxygens (including phenoxy) is 1. The van der Waals surface area contributed by atoms with Gasteiger partial charge in [0.05, 0.1) is 19.8 Å². The number of hydrogen-bond donors (Lipinski definition) is 1. The van der Waals surface area contributed by atoms with Gasteiger partial charge in [-0.2, -0.15) is 13.2 Å². The number of nitrogens with one attached hydrogen (secondary N) is 1. The molecule has 2 aliphatic heterocycles. The van der Waals surface area contributed by atoms with Gasteiger partial charge in [0.25, 0.3) is 0 Å². The van der Waals surface area contributed by atoms with E-state index in [0.29, 0.717) is 10.9 Å². The Morgan fingerprint density at radius 3 is 2.81 bits per heavy atom. The van der Waals surface area contributed by atoms with E-state index in [4.69, 9.17) is 4.74 Å². The highest BCUT2D eigenvalue weighted by atomic mass is 32.1. The van der Waals surface area contributed by atoms with Crippen LogP contribution in [-0.2, 0) is 17.5 Å². The Balaban J connectivity index is 1.47. The van der Waals surface area contributed by atoms with E-state index in [1.165, 1.54) is 0 Å². The van der Waals surface area contributed by atoms with Crippen LogP contribution >= 0.6 is 11.3 Å². The van der Waals surface area contributed by atoms with E-state index in [1.54, 1.807) is 7.05 Å². The number of guanidine groups is 1. The molecule has 3 heterocycles. The number of alkyl halides is 3. The van der Waals surface area contributed by atoms with Crippen molar-refractivity contribution in [2.45, 2.75) is 19.1 Å². The number of aromatic nitrogens is 1. The van der Waals surface area contributed by atoms with Gasteiger partial charge in [-0.15, -0.1) is 11.3 Å². The minimum Gasteiger partial charge on any atom is -0.379 e. The zero-order chi connectivity index (χ0) is 18.6. The standard InChI is InChI=1S/C16H24F3N5OS/c1-20-15(21-8-14-22-13(11-26-14)16(17,18)19)24-3-2-12(10-24)9-23-4-6-25-7-5-23/h11-12H,2-10H2,1H3,(H,20,21). The number of likely N-dealkylation sites (tertiary alicyclic amines) is 1. The lowest BCUT2D eigenvalue weighted by Gasteiger charge is -2.29. The Morgan fingerprint density at radius 1 is 1.38 bits per heavy atom. The molecule has 1 unspecified atom stereocenters. The fraction of sp³-hybridized carbons (Fsp3) is 0.750. The van der Waals surface area contributed by atoms with Crippen LogP contribution in [0.5, 0.6) is 0 Å². The lowest BCUT2D eigenvalue weighted by atomic mass is 10.1. The first-order chi connectivity index (χ1) is 12.5. The van der Waals surface area contributed by atoms with Crippen LogP contribution in [0.3, 0.4) is 0 Å². The summed E-state index contributed by atoms with van der Waals surface area (Å²) in [5.41, 5.74) is -0.832. The van der Waals surface area contributed by atoms with Crippen molar-refractivity contribution >= 4 is 17.3 Å². The summed E-state index contributed by atoms with van der Waals surface area (Å²) in [6.07, 6.45) is -3.30. The fourth-order valence-electron chi connectivity index (χ4n) is 3.33. The Kier molecular flexibility index (Phi) is 6.36. The molecular formula is C16H24F3N5OS. The third kappa shape index (κ3) is 5.08. The van der Waals surface area contributed by atoms with Gasteiger partial charge in [0.15, 0.2) is 11.7 Å². The first-order valence-corrected chi connectivity index (χ1v) is 9.61. The van der Waals surface area contributed by atoms with Crippen LogP contribution in [0.1, 0.15) is 17.1 Å². The van der Waals surface area contributed by atoms with Crippen LogP contribution < -0.4 is 5.32 Å². The average Bonchev–Trinajstić information content (AvgIpc) is 3.26. The van der Waals surface area contributed by atoms with Gasteiger partial charge in [-0.25, -0.2) is 4.98 Å². The van der Waals surface area contributed by atoms with Crippen molar-refractivity contribution in [1.29, 1.82) is 0 Å². The van der Waals surface area contributed by atoms with Crippen LogP contribution in [0.25, 0.3) is 0 Å². The SMILES string of the molecule is CN=C(NCc1nc(C(F)(F)F)cs1)N1CCC(CN2CCOCC2)C1. The number of nitrogens with zero attached hydrogens (tertiary/aromatic N) is 4. The largest absolute Gasteiger partial charge is 0.434 e. The number of halogens is 3. The molecule has 10 heteroatoms. The Morgan fingerprint density at radius 2 is 2.15 bits per heavy atom. The number of aliphatic imine (C=N–C) groups is 1. The molecule has 6 nitrogen and oxygen atoms in total. The van der Waals surface area contributed by atoms with Crippen molar-refractivity contribution in [1.82, 2.24) is 20.1 Å². The summed E-state index contributed by atoms with van der Waals surface area (Å²) in [5.74, 6) is 1.29. The molecule has 0 saturated carbocycles. The monoisotopic (exact) mass is 391 g/mol. The van der Waals surface area contributed by atoms with E-state index in [1.807, 2.05) is 0 Å². The van der Waals surface area contributed by atoms with E-state index >= 15 is 0 Å². The third-order valence-electron chi connectivity index (χ3n) is 4.66. The maximum Gasteiger partial charge on any atom is 0.434 e. The minimum absolute atomic E-state index is 0.248. The van der Waals surface area contributed by atoms with Crippen LogP contribution in [0.15, 0.2) is 10.4 Å². The predicted molar refractivity (Wildman–Crippen MR) is 94.3 cm³/mol.